The predicted octanol–water partition coefficient (Wildman–Crippen LogP) is 2.14. The molecule has 1 saturated heterocycles. The van der Waals surface area contributed by atoms with Gasteiger partial charge < -0.3 is 10.8 Å². The van der Waals surface area contributed by atoms with Gasteiger partial charge in [-0.3, -0.25) is 4.90 Å². The van der Waals surface area contributed by atoms with E-state index in [4.69, 9.17) is 10.8 Å². The number of nitrogens with two attached hydrogens (primary N) is 1. The number of halogens is 1. The highest BCUT2D eigenvalue weighted by Crippen LogP contribution is 2.24. The van der Waals surface area contributed by atoms with Crippen LogP contribution >= 0.6 is 0 Å². The molecule has 1 aliphatic rings. The van der Waals surface area contributed by atoms with Crippen LogP contribution in [-0.2, 0) is 6.54 Å². The van der Waals surface area contributed by atoms with Gasteiger partial charge in [0, 0.05) is 24.9 Å². The van der Waals surface area contributed by atoms with Gasteiger partial charge in [-0.1, -0.05) is 6.42 Å². The van der Waals surface area contributed by atoms with E-state index in [0.717, 1.165) is 31.4 Å². The lowest BCUT2D eigenvalue weighted by atomic mass is 9.98. The highest BCUT2D eigenvalue weighted by molar-refractivity contribution is 5.46. The normalized spacial score (nSPS) is 21.1. The Labute approximate surface area is 107 Å². The number of hydrogen-bond donors (Lipinski definition) is 2. The van der Waals surface area contributed by atoms with Gasteiger partial charge in [-0.05, 0) is 49.6 Å². The predicted molar refractivity (Wildman–Crippen MR) is 70.6 cm³/mol. The van der Waals surface area contributed by atoms with E-state index < -0.39 is 0 Å². The Morgan fingerprint density at radius 1 is 1.39 bits per heavy atom. The maximum absolute atomic E-state index is 13.2. The van der Waals surface area contributed by atoms with Crippen molar-refractivity contribution in [2.45, 2.75) is 38.3 Å². The minimum absolute atomic E-state index is 0.208. The molecule has 3 N–H and O–H groups in total. The Morgan fingerprint density at radius 3 is 3.00 bits per heavy atom. The first-order chi connectivity index (χ1) is 8.70. The molecular formula is C14H21FN2O. The van der Waals surface area contributed by atoms with Crippen LogP contribution in [0.4, 0.5) is 10.1 Å². The molecular weight excluding hydrogens is 231 g/mol. The lowest BCUT2D eigenvalue weighted by Crippen LogP contribution is -2.39. The molecule has 1 aliphatic heterocycles. The Bertz CT molecular complexity index is 395. The molecule has 0 radical (unpaired) electrons. The number of hydrogen-bond acceptors (Lipinski definition) is 3. The summed E-state index contributed by atoms with van der Waals surface area (Å²) in [5.74, 6) is -0.241. The monoisotopic (exact) mass is 252 g/mol. The van der Waals surface area contributed by atoms with Gasteiger partial charge in [-0.25, -0.2) is 4.39 Å². The van der Waals surface area contributed by atoms with E-state index in [0.29, 0.717) is 18.3 Å². The molecule has 1 unspecified atom stereocenters. The molecule has 1 heterocycles. The smallest absolute Gasteiger partial charge is 0.123 e. The highest BCUT2D eigenvalue weighted by atomic mass is 19.1. The molecule has 0 bridgehead atoms. The van der Waals surface area contributed by atoms with Crippen molar-refractivity contribution in [3.8, 4) is 0 Å². The van der Waals surface area contributed by atoms with E-state index in [2.05, 4.69) is 4.90 Å². The second-order valence-electron chi connectivity index (χ2n) is 4.98. The number of aliphatic hydroxyl groups is 1. The van der Waals surface area contributed by atoms with Gasteiger partial charge in [0.2, 0.25) is 0 Å². The number of likely N-dealkylation sites (tertiary alicyclic amines) is 1. The lowest BCUT2D eigenvalue weighted by molar-refractivity contribution is 0.112. The number of anilines is 1. The fourth-order valence-corrected chi connectivity index (χ4v) is 2.67. The van der Waals surface area contributed by atoms with E-state index >= 15 is 0 Å². The topological polar surface area (TPSA) is 49.5 Å². The summed E-state index contributed by atoms with van der Waals surface area (Å²) in [6.07, 6.45) is 4.27. The first kappa shape index (κ1) is 13.3. The van der Waals surface area contributed by atoms with E-state index in [1.807, 2.05) is 0 Å². The minimum Gasteiger partial charge on any atom is -0.398 e. The molecule has 1 aromatic rings. The molecule has 1 aromatic carbocycles. The largest absolute Gasteiger partial charge is 0.398 e. The standard InChI is InChI=1S/C14H21FN2O/c15-12-4-5-14(16)11(9-12)10-17-7-2-1-3-13(17)6-8-18/h4-5,9,13,18H,1-3,6-8,10,16H2. The van der Waals surface area contributed by atoms with Crippen LogP contribution in [0.2, 0.25) is 0 Å². The molecule has 0 spiro atoms. The van der Waals surface area contributed by atoms with E-state index in [-0.39, 0.29) is 12.4 Å². The maximum atomic E-state index is 13.2. The molecule has 4 heteroatoms. The summed E-state index contributed by atoms with van der Waals surface area (Å²) < 4.78 is 13.2. The van der Waals surface area contributed by atoms with Crippen LogP contribution in [0.25, 0.3) is 0 Å². The SMILES string of the molecule is Nc1ccc(F)cc1CN1CCCCC1CCO. The van der Waals surface area contributed by atoms with Crippen LogP contribution in [0.3, 0.4) is 0 Å². The van der Waals surface area contributed by atoms with E-state index in [9.17, 15) is 4.39 Å². The van der Waals surface area contributed by atoms with Gasteiger partial charge in [0.05, 0.1) is 0 Å². The molecule has 1 atom stereocenters. The average Bonchev–Trinajstić information content (AvgIpc) is 2.36. The molecule has 0 aromatic heterocycles. The molecule has 3 nitrogen and oxygen atoms in total. The number of aliphatic hydroxyl groups excluding tert-OH is 1. The maximum Gasteiger partial charge on any atom is 0.123 e. The van der Waals surface area contributed by atoms with E-state index in [1.54, 1.807) is 6.07 Å². The summed E-state index contributed by atoms with van der Waals surface area (Å²) in [6.45, 7) is 1.88. The van der Waals surface area contributed by atoms with Gasteiger partial charge in [-0.15, -0.1) is 0 Å². The van der Waals surface area contributed by atoms with Crippen molar-refractivity contribution in [3.05, 3.63) is 29.6 Å². The van der Waals surface area contributed by atoms with Crippen molar-refractivity contribution in [1.82, 2.24) is 4.90 Å². The minimum atomic E-state index is -0.241. The van der Waals surface area contributed by atoms with Crippen LogP contribution in [-0.4, -0.2) is 29.2 Å². The third-order valence-electron chi connectivity index (χ3n) is 3.69. The van der Waals surface area contributed by atoms with Crippen LogP contribution in [0, 0.1) is 5.82 Å². The fourth-order valence-electron chi connectivity index (χ4n) is 2.67. The summed E-state index contributed by atoms with van der Waals surface area (Å²) in [4.78, 5) is 2.31. The van der Waals surface area contributed by atoms with Crippen molar-refractivity contribution >= 4 is 5.69 Å². The van der Waals surface area contributed by atoms with Gasteiger partial charge >= 0.3 is 0 Å². The van der Waals surface area contributed by atoms with Gasteiger partial charge in [0.25, 0.3) is 0 Å². The summed E-state index contributed by atoms with van der Waals surface area (Å²) in [7, 11) is 0. The Morgan fingerprint density at radius 2 is 2.22 bits per heavy atom. The zero-order valence-electron chi connectivity index (χ0n) is 10.6. The summed E-state index contributed by atoms with van der Waals surface area (Å²) in [5.41, 5.74) is 7.37. The molecule has 2 rings (SSSR count). The van der Waals surface area contributed by atoms with Crippen molar-refractivity contribution in [3.63, 3.8) is 0 Å². The Kier molecular flexibility index (Phi) is 4.55. The number of nitrogens with zero attached hydrogens (tertiary/aromatic N) is 1. The van der Waals surface area contributed by atoms with Crippen LogP contribution < -0.4 is 5.73 Å². The summed E-state index contributed by atoms with van der Waals surface area (Å²) in [6, 6.07) is 4.92. The molecule has 0 aliphatic carbocycles. The first-order valence-corrected chi connectivity index (χ1v) is 6.59. The zero-order valence-corrected chi connectivity index (χ0v) is 10.6. The second-order valence-corrected chi connectivity index (χ2v) is 4.98. The van der Waals surface area contributed by atoms with Gasteiger partial charge in [0.1, 0.15) is 5.82 Å². The van der Waals surface area contributed by atoms with Crippen molar-refractivity contribution < 1.29 is 9.50 Å². The van der Waals surface area contributed by atoms with Crippen molar-refractivity contribution in [2.24, 2.45) is 0 Å². The third kappa shape index (κ3) is 3.21. The van der Waals surface area contributed by atoms with Gasteiger partial charge in [0.15, 0.2) is 0 Å². The quantitative estimate of drug-likeness (QED) is 0.807. The number of rotatable bonds is 4. The average molecular weight is 252 g/mol. The Hall–Kier alpha value is -1.13. The first-order valence-electron chi connectivity index (χ1n) is 6.59. The lowest BCUT2D eigenvalue weighted by Gasteiger charge is -2.35. The van der Waals surface area contributed by atoms with Crippen molar-refractivity contribution in [2.75, 3.05) is 18.9 Å². The number of nitrogen functional groups attached to an aromatic ring is 1. The second kappa shape index (κ2) is 6.16. The zero-order chi connectivity index (χ0) is 13.0. The fraction of sp³-hybridized carbons (Fsp3) is 0.571. The molecule has 18 heavy (non-hydrogen) atoms. The van der Waals surface area contributed by atoms with Crippen LogP contribution in [0.5, 0.6) is 0 Å². The number of piperidine rings is 1. The summed E-state index contributed by atoms with van der Waals surface area (Å²) in [5, 5.41) is 9.09. The van der Waals surface area contributed by atoms with E-state index in [1.165, 1.54) is 18.6 Å². The van der Waals surface area contributed by atoms with Gasteiger partial charge in [-0.2, -0.15) is 0 Å². The molecule has 1 fully saturated rings. The van der Waals surface area contributed by atoms with Crippen LogP contribution in [0.15, 0.2) is 18.2 Å². The number of benzene rings is 1. The third-order valence-corrected chi connectivity index (χ3v) is 3.69. The molecule has 100 valence electrons. The van der Waals surface area contributed by atoms with Crippen LogP contribution in [0.1, 0.15) is 31.2 Å². The Balaban J connectivity index is 2.08. The molecule has 0 amide bonds. The van der Waals surface area contributed by atoms with Crippen molar-refractivity contribution in [1.29, 1.82) is 0 Å². The summed E-state index contributed by atoms with van der Waals surface area (Å²) >= 11 is 0. The molecule has 0 saturated carbocycles. The highest BCUT2D eigenvalue weighted by Gasteiger charge is 2.22.